The molecule has 0 amide bonds. The second kappa shape index (κ2) is 8.09. The van der Waals surface area contributed by atoms with Crippen LogP contribution < -0.4 is 5.32 Å². The van der Waals surface area contributed by atoms with Gasteiger partial charge in [-0.2, -0.15) is 0 Å². The predicted octanol–water partition coefficient (Wildman–Crippen LogP) is 4.17. The molecule has 0 saturated heterocycles. The Bertz CT molecular complexity index is 793. The Morgan fingerprint density at radius 3 is 2.52 bits per heavy atom. The van der Waals surface area contributed by atoms with Crippen LogP contribution in [0.4, 0.5) is 11.4 Å². The molecule has 2 aromatic carbocycles. The lowest BCUT2D eigenvalue weighted by atomic mass is 10.1. The first-order valence-electron chi connectivity index (χ1n) is 7.75. The number of rotatable bonds is 7. The number of halogens is 1. The highest BCUT2D eigenvalue weighted by atomic mass is 35.5. The first-order chi connectivity index (χ1) is 11.8. The number of Topliss-reactive ketones (excluding diaryl/α,β-unsaturated/α-hetero) is 1. The maximum Gasteiger partial charge on any atom is 0.293 e. The highest BCUT2D eigenvalue weighted by molar-refractivity contribution is 6.31. The van der Waals surface area contributed by atoms with Crippen molar-refractivity contribution in [2.24, 2.45) is 0 Å². The summed E-state index contributed by atoms with van der Waals surface area (Å²) in [6.07, 6.45) is 0. The number of nitrogens with one attached hydrogen (secondary N) is 1. The topological polar surface area (TPSA) is 75.5 Å². The van der Waals surface area contributed by atoms with E-state index in [-0.39, 0.29) is 17.5 Å². The van der Waals surface area contributed by atoms with Gasteiger partial charge in [-0.25, -0.2) is 0 Å². The number of nitrogens with zero attached hydrogens (tertiary/aromatic N) is 2. The number of likely N-dealkylation sites (N-methyl/N-ethyl adjacent to an activating group) is 1. The number of nitro groups is 1. The first kappa shape index (κ1) is 18.9. The molecule has 6 nitrogen and oxygen atoms in total. The van der Waals surface area contributed by atoms with E-state index in [0.717, 1.165) is 5.56 Å². The van der Waals surface area contributed by atoms with Gasteiger partial charge in [0.2, 0.25) is 0 Å². The lowest BCUT2D eigenvalue weighted by molar-refractivity contribution is -0.384. The minimum atomic E-state index is -0.491. The number of anilines is 1. The minimum Gasteiger partial charge on any atom is -0.378 e. The molecule has 0 aliphatic rings. The summed E-state index contributed by atoms with van der Waals surface area (Å²) in [6.45, 7) is 1.81. The molecule has 1 atom stereocenters. The summed E-state index contributed by atoms with van der Waals surface area (Å²) in [5.74, 6) is -0.211. The van der Waals surface area contributed by atoms with Crippen LogP contribution in [0.5, 0.6) is 0 Å². The van der Waals surface area contributed by atoms with E-state index in [4.69, 9.17) is 11.6 Å². The van der Waals surface area contributed by atoms with E-state index in [1.807, 2.05) is 43.3 Å². The van der Waals surface area contributed by atoms with E-state index in [1.165, 1.54) is 13.0 Å². The maximum absolute atomic E-state index is 11.4. The third-order valence-electron chi connectivity index (χ3n) is 3.97. The largest absolute Gasteiger partial charge is 0.378 e. The molecule has 1 N–H and O–H groups in total. The highest BCUT2D eigenvalue weighted by Crippen LogP contribution is 2.29. The minimum absolute atomic E-state index is 0.0687. The molecule has 0 heterocycles. The van der Waals surface area contributed by atoms with E-state index in [2.05, 4.69) is 5.32 Å². The molecular weight excluding hydrogens is 342 g/mol. The summed E-state index contributed by atoms with van der Waals surface area (Å²) in [5, 5.41) is 15.1. The highest BCUT2D eigenvalue weighted by Gasteiger charge is 2.20. The molecule has 0 unspecified atom stereocenters. The van der Waals surface area contributed by atoms with Gasteiger partial charge in [-0.1, -0.05) is 29.8 Å². The van der Waals surface area contributed by atoms with Crippen LogP contribution in [0.25, 0.3) is 0 Å². The van der Waals surface area contributed by atoms with Gasteiger partial charge >= 0.3 is 0 Å². The van der Waals surface area contributed by atoms with Crippen molar-refractivity contribution in [3.63, 3.8) is 0 Å². The van der Waals surface area contributed by atoms with Crippen molar-refractivity contribution in [3.8, 4) is 0 Å². The van der Waals surface area contributed by atoms with Gasteiger partial charge in [0.15, 0.2) is 5.78 Å². The summed E-state index contributed by atoms with van der Waals surface area (Å²) >= 11 is 6.28. The van der Waals surface area contributed by atoms with Crippen LogP contribution in [0.3, 0.4) is 0 Å². The second-order valence-electron chi connectivity index (χ2n) is 5.93. The van der Waals surface area contributed by atoms with Crippen molar-refractivity contribution in [2.45, 2.75) is 13.0 Å². The molecule has 7 heteroatoms. The Balaban J connectivity index is 2.28. The van der Waals surface area contributed by atoms with E-state index in [1.54, 1.807) is 12.1 Å². The van der Waals surface area contributed by atoms with Crippen LogP contribution in [0.2, 0.25) is 5.02 Å². The monoisotopic (exact) mass is 361 g/mol. The van der Waals surface area contributed by atoms with Crippen molar-refractivity contribution in [1.29, 1.82) is 0 Å². The van der Waals surface area contributed by atoms with E-state index >= 15 is 0 Å². The fraction of sp³-hybridized carbons (Fsp3) is 0.278. The van der Waals surface area contributed by atoms with Gasteiger partial charge in [-0.15, -0.1) is 0 Å². The van der Waals surface area contributed by atoms with Gasteiger partial charge in [-0.05, 0) is 44.8 Å². The fourth-order valence-corrected chi connectivity index (χ4v) is 2.84. The number of ketones is 1. The Morgan fingerprint density at radius 1 is 1.28 bits per heavy atom. The molecule has 0 aliphatic carbocycles. The van der Waals surface area contributed by atoms with Gasteiger partial charge in [0.05, 0.1) is 11.0 Å². The van der Waals surface area contributed by atoms with E-state index in [9.17, 15) is 14.9 Å². The van der Waals surface area contributed by atoms with Crippen LogP contribution in [0.15, 0.2) is 42.5 Å². The van der Waals surface area contributed by atoms with E-state index < -0.39 is 4.92 Å². The molecule has 2 rings (SSSR count). The Morgan fingerprint density at radius 2 is 1.96 bits per heavy atom. The van der Waals surface area contributed by atoms with Gasteiger partial charge in [0.1, 0.15) is 5.69 Å². The maximum atomic E-state index is 11.4. The third-order valence-corrected chi connectivity index (χ3v) is 4.32. The molecule has 0 spiro atoms. The smallest absolute Gasteiger partial charge is 0.293 e. The van der Waals surface area contributed by atoms with Crippen LogP contribution in [-0.2, 0) is 0 Å². The number of hydrogen-bond acceptors (Lipinski definition) is 5. The van der Waals surface area contributed by atoms with Crippen molar-refractivity contribution >= 4 is 28.8 Å². The number of hydrogen-bond donors (Lipinski definition) is 1. The first-order valence-corrected chi connectivity index (χ1v) is 8.13. The number of carbonyl (C=O) groups excluding carboxylic acids is 1. The summed E-state index contributed by atoms with van der Waals surface area (Å²) in [5.41, 5.74) is 1.50. The van der Waals surface area contributed by atoms with Gasteiger partial charge in [0.25, 0.3) is 5.69 Å². The molecule has 0 aromatic heterocycles. The summed E-state index contributed by atoms with van der Waals surface area (Å²) in [4.78, 5) is 24.3. The van der Waals surface area contributed by atoms with Crippen molar-refractivity contribution in [1.82, 2.24) is 4.90 Å². The molecule has 0 fully saturated rings. The number of nitro benzene ring substituents is 1. The van der Waals surface area contributed by atoms with Crippen LogP contribution in [0.1, 0.15) is 28.9 Å². The van der Waals surface area contributed by atoms with Crippen LogP contribution in [-0.4, -0.2) is 36.2 Å². The molecule has 0 radical (unpaired) electrons. The third kappa shape index (κ3) is 4.55. The Hall–Kier alpha value is -2.44. The molecule has 0 bridgehead atoms. The van der Waals surface area contributed by atoms with Gasteiger partial charge in [0, 0.05) is 23.2 Å². The predicted molar refractivity (Wildman–Crippen MR) is 99.5 cm³/mol. The molecular formula is C18H20ClN3O3. The zero-order chi connectivity index (χ0) is 18.6. The molecule has 132 valence electrons. The molecule has 2 aromatic rings. The average Bonchev–Trinajstić information content (AvgIpc) is 2.56. The van der Waals surface area contributed by atoms with Gasteiger partial charge in [-0.3, -0.25) is 14.9 Å². The Labute approximate surface area is 151 Å². The average molecular weight is 362 g/mol. The summed E-state index contributed by atoms with van der Waals surface area (Å²) < 4.78 is 0. The lowest BCUT2D eigenvalue weighted by Crippen LogP contribution is -2.27. The SMILES string of the molecule is CC(=O)c1ccc(NC[C@@H](c2ccccc2Cl)N(C)C)c([N+](=O)[O-])c1. The zero-order valence-corrected chi connectivity index (χ0v) is 15.1. The lowest BCUT2D eigenvalue weighted by Gasteiger charge is -2.26. The summed E-state index contributed by atoms with van der Waals surface area (Å²) in [7, 11) is 3.84. The van der Waals surface area contributed by atoms with Crippen molar-refractivity contribution in [3.05, 3.63) is 68.7 Å². The Kier molecular flexibility index (Phi) is 6.12. The standard InChI is InChI=1S/C18H20ClN3O3/c1-12(23)13-8-9-16(17(10-13)22(24)25)20-11-18(21(2)3)14-6-4-5-7-15(14)19/h4-10,18,20H,11H2,1-3H3/t18-/m0/s1. The normalized spacial score (nSPS) is 12.0. The van der Waals surface area contributed by atoms with E-state index in [0.29, 0.717) is 22.8 Å². The quantitative estimate of drug-likeness (QED) is 0.455. The van der Waals surface area contributed by atoms with Crippen molar-refractivity contribution in [2.75, 3.05) is 26.0 Å². The molecule has 0 aliphatic heterocycles. The molecule has 0 saturated carbocycles. The van der Waals surface area contributed by atoms with Crippen LogP contribution in [0, 0.1) is 10.1 Å². The molecule has 25 heavy (non-hydrogen) atoms. The number of carbonyl (C=O) groups is 1. The van der Waals surface area contributed by atoms with Crippen molar-refractivity contribution < 1.29 is 9.72 Å². The number of benzene rings is 2. The fourth-order valence-electron chi connectivity index (χ4n) is 2.57. The van der Waals surface area contributed by atoms with Crippen LogP contribution >= 0.6 is 11.6 Å². The second-order valence-corrected chi connectivity index (χ2v) is 6.33. The van der Waals surface area contributed by atoms with Gasteiger partial charge < -0.3 is 10.2 Å². The zero-order valence-electron chi connectivity index (χ0n) is 14.3. The summed E-state index contributed by atoms with van der Waals surface area (Å²) in [6, 6.07) is 11.9.